The van der Waals surface area contributed by atoms with E-state index < -0.39 is 6.61 Å². The minimum absolute atomic E-state index is 0.284. The van der Waals surface area contributed by atoms with Gasteiger partial charge in [0, 0.05) is 19.6 Å². The van der Waals surface area contributed by atoms with E-state index in [0.717, 1.165) is 49.9 Å². The van der Waals surface area contributed by atoms with Crippen LogP contribution in [-0.2, 0) is 21.5 Å². The number of rotatable bonds is 5. The van der Waals surface area contributed by atoms with Crippen LogP contribution < -0.4 is 5.32 Å². The van der Waals surface area contributed by atoms with Gasteiger partial charge in [-0.05, 0) is 36.8 Å². The maximum absolute atomic E-state index is 12.7. The molecule has 22 heavy (non-hydrogen) atoms. The Morgan fingerprint density at radius 2 is 1.77 bits per heavy atom. The molecule has 5 heteroatoms. The van der Waals surface area contributed by atoms with Crippen LogP contribution in [0.4, 0.5) is 0 Å². The minimum Gasteiger partial charge on any atom is -0.387 e. The van der Waals surface area contributed by atoms with Crippen molar-refractivity contribution in [3.8, 4) is 0 Å². The van der Waals surface area contributed by atoms with Gasteiger partial charge in [-0.25, -0.2) is 0 Å². The zero-order valence-corrected chi connectivity index (χ0v) is 12.7. The number of nitrogens with one attached hydrogen (secondary N) is 1. The van der Waals surface area contributed by atoms with E-state index >= 15 is 0 Å². The molecule has 1 saturated heterocycles. The summed E-state index contributed by atoms with van der Waals surface area (Å²) in [5.41, 5.74) is 1.76. The largest absolute Gasteiger partial charge is 0.387 e. The number of hydrogen-bond donors (Lipinski definition) is 2. The van der Waals surface area contributed by atoms with Gasteiger partial charge in [0.1, 0.15) is 6.61 Å². The van der Waals surface area contributed by atoms with Crippen LogP contribution in [0.3, 0.4) is 0 Å². The highest BCUT2D eigenvalue weighted by atomic mass is 16.3. The molecule has 0 atom stereocenters. The van der Waals surface area contributed by atoms with Gasteiger partial charge in [-0.3, -0.25) is 9.59 Å². The fourth-order valence-corrected chi connectivity index (χ4v) is 3.17. The summed E-state index contributed by atoms with van der Waals surface area (Å²) in [5.74, 6) is -0.0988. The highest BCUT2D eigenvalue weighted by Gasteiger charge is 2.53. The molecule has 1 aliphatic heterocycles. The lowest BCUT2D eigenvalue weighted by Crippen LogP contribution is -2.37. The molecule has 1 saturated carbocycles. The second kappa shape index (κ2) is 6.08. The van der Waals surface area contributed by atoms with Crippen LogP contribution in [-0.4, -0.2) is 41.5 Å². The molecule has 118 valence electrons. The number of benzene rings is 1. The Kier molecular flexibility index (Phi) is 4.16. The average Bonchev–Trinajstić information content (AvgIpc) is 3.18. The Balaban J connectivity index is 1.67. The molecule has 2 fully saturated rings. The number of hydrogen-bond acceptors (Lipinski definition) is 3. The predicted octanol–water partition coefficient (Wildman–Crippen LogP) is 0.949. The summed E-state index contributed by atoms with van der Waals surface area (Å²) in [6.45, 7) is 1.69. The lowest BCUT2D eigenvalue weighted by molar-refractivity contribution is -0.132. The van der Waals surface area contributed by atoms with Crippen LogP contribution in [0.5, 0.6) is 0 Å². The molecule has 0 radical (unpaired) electrons. The summed E-state index contributed by atoms with van der Waals surface area (Å²) < 4.78 is 0. The van der Waals surface area contributed by atoms with Crippen molar-refractivity contribution in [3.05, 3.63) is 35.4 Å². The molecule has 0 unspecified atom stereocenters. The van der Waals surface area contributed by atoms with E-state index in [-0.39, 0.29) is 17.2 Å². The highest BCUT2D eigenvalue weighted by molar-refractivity contribution is 5.91. The maximum atomic E-state index is 12.7. The van der Waals surface area contributed by atoms with E-state index in [9.17, 15) is 9.59 Å². The first-order valence-electron chi connectivity index (χ1n) is 7.92. The van der Waals surface area contributed by atoms with Crippen molar-refractivity contribution in [1.82, 2.24) is 10.2 Å². The summed E-state index contributed by atoms with van der Waals surface area (Å²) in [6, 6.07) is 7.90. The molecule has 0 aromatic heterocycles. The third kappa shape index (κ3) is 2.86. The van der Waals surface area contributed by atoms with Crippen LogP contribution >= 0.6 is 0 Å². The Hall–Kier alpha value is -1.88. The van der Waals surface area contributed by atoms with Gasteiger partial charge in [-0.2, -0.15) is 0 Å². The summed E-state index contributed by atoms with van der Waals surface area (Å²) in [4.78, 5) is 25.8. The standard InChI is InChI=1S/C17H22N2O3/c20-12-15(21)18-11-13-3-5-14(6-4-13)17(7-8-17)16(22)19-9-1-2-10-19/h3-6,20H,1-2,7-12H2,(H,18,21). The molecule has 2 N–H and O–H groups in total. The Labute approximate surface area is 130 Å². The first kappa shape index (κ1) is 15.0. The van der Waals surface area contributed by atoms with Crippen LogP contribution in [0.15, 0.2) is 24.3 Å². The van der Waals surface area contributed by atoms with Crippen molar-refractivity contribution in [3.63, 3.8) is 0 Å². The summed E-state index contributed by atoms with van der Waals surface area (Å²) in [7, 11) is 0. The maximum Gasteiger partial charge on any atom is 0.245 e. The van der Waals surface area contributed by atoms with Gasteiger partial charge in [0.15, 0.2) is 0 Å². The van der Waals surface area contributed by atoms with Crippen molar-refractivity contribution in [2.45, 2.75) is 37.6 Å². The van der Waals surface area contributed by atoms with Gasteiger partial charge >= 0.3 is 0 Å². The number of aliphatic hydroxyl groups excluding tert-OH is 1. The average molecular weight is 302 g/mol. The molecule has 0 spiro atoms. The molecule has 3 rings (SSSR count). The van der Waals surface area contributed by atoms with E-state index in [0.29, 0.717) is 6.54 Å². The Morgan fingerprint density at radius 3 is 2.32 bits per heavy atom. The fraction of sp³-hybridized carbons (Fsp3) is 0.529. The van der Waals surface area contributed by atoms with E-state index in [2.05, 4.69) is 5.32 Å². The van der Waals surface area contributed by atoms with Crippen LogP contribution in [0.25, 0.3) is 0 Å². The number of likely N-dealkylation sites (tertiary alicyclic amines) is 1. The van der Waals surface area contributed by atoms with E-state index in [4.69, 9.17) is 5.11 Å². The van der Waals surface area contributed by atoms with E-state index in [1.165, 1.54) is 0 Å². The molecule has 0 bridgehead atoms. The van der Waals surface area contributed by atoms with Crippen molar-refractivity contribution in [1.29, 1.82) is 0 Å². The van der Waals surface area contributed by atoms with Crippen molar-refractivity contribution in [2.75, 3.05) is 19.7 Å². The van der Waals surface area contributed by atoms with Crippen LogP contribution in [0.2, 0.25) is 0 Å². The summed E-state index contributed by atoms with van der Waals surface area (Å²) in [5, 5.41) is 11.3. The number of amides is 2. The minimum atomic E-state index is -0.495. The molecular weight excluding hydrogens is 280 g/mol. The third-order valence-electron chi connectivity index (χ3n) is 4.69. The molecule has 5 nitrogen and oxygen atoms in total. The normalized spacial score (nSPS) is 19.0. The zero-order valence-electron chi connectivity index (χ0n) is 12.7. The molecule has 1 heterocycles. The van der Waals surface area contributed by atoms with Gasteiger partial charge < -0.3 is 15.3 Å². The lowest BCUT2D eigenvalue weighted by Gasteiger charge is -2.23. The topological polar surface area (TPSA) is 69.6 Å². The molecule has 2 aliphatic rings. The SMILES string of the molecule is O=C(CO)NCc1ccc(C2(C(=O)N3CCCC3)CC2)cc1. The van der Waals surface area contributed by atoms with Crippen molar-refractivity contribution >= 4 is 11.8 Å². The molecular formula is C17H22N2O3. The second-order valence-corrected chi connectivity index (χ2v) is 6.21. The Bertz CT molecular complexity index is 558. The van der Waals surface area contributed by atoms with Gasteiger partial charge in [0.2, 0.25) is 11.8 Å². The monoisotopic (exact) mass is 302 g/mol. The highest BCUT2D eigenvalue weighted by Crippen LogP contribution is 2.50. The summed E-state index contributed by atoms with van der Waals surface area (Å²) >= 11 is 0. The molecule has 1 aromatic carbocycles. The number of carbonyl (C=O) groups excluding carboxylic acids is 2. The molecule has 2 amide bonds. The van der Waals surface area contributed by atoms with Crippen LogP contribution in [0, 0.1) is 0 Å². The third-order valence-corrected chi connectivity index (χ3v) is 4.69. The number of carbonyl (C=O) groups is 2. The van der Waals surface area contributed by atoms with Crippen molar-refractivity contribution < 1.29 is 14.7 Å². The van der Waals surface area contributed by atoms with E-state index in [1.807, 2.05) is 29.2 Å². The van der Waals surface area contributed by atoms with Crippen LogP contribution in [0.1, 0.15) is 36.8 Å². The second-order valence-electron chi connectivity index (χ2n) is 6.21. The molecule has 1 aliphatic carbocycles. The number of nitrogens with zero attached hydrogens (tertiary/aromatic N) is 1. The smallest absolute Gasteiger partial charge is 0.245 e. The summed E-state index contributed by atoms with van der Waals surface area (Å²) in [6.07, 6.45) is 4.10. The van der Waals surface area contributed by atoms with Gasteiger partial charge in [0.25, 0.3) is 0 Å². The first-order chi connectivity index (χ1) is 10.7. The van der Waals surface area contributed by atoms with Gasteiger partial charge in [-0.15, -0.1) is 0 Å². The fourth-order valence-electron chi connectivity index (χ4n) is 3.17. The van der Waals surface area contributed by atoms with Crippen molar-refractivity contribution in [2.24, 2.45) is 0 Å². The van der Waals surface area contributed by atoms with E-state index in [1.54, 1.807) is 0 Å². The molecule has 1 aromatic rings. The predicted molar refractivity (Wildman–Crippen MR) is 82.1 cm³/mol. The first-order valence-corrected chi connectivity index (χ1v) is 7.92. The quantitative estimate of drug-likeness (QED) is 0.851. The lowest BCUT2D eigenvalue weighted by atomic mass is 9.93. The Morgan fingerprint density at radius 1 is 1.14 bits per heavy atom. The number of aliphatic hydroxyl groups is 1. The van der Waals surface area contributed by atoms with Gasteiger partial charge in [-0.1, -0.05) is 24.3 Å². The zero-order chi connectivity index (χ0) is 15.6. The van der Waals surface area contributed by atoms with Gasteiger partial charge in [0.05, 0.1) is 5.41 Å².